The van der Waals surface area contributed by atoms with E-state index in [1.807, 2.05) is 6.07 Å². The summed E-state index contributed by atoms with van der Waals surface area (Å²) < 4.78 is 5.55. The summed E-state index contributed by atoms with van der Waals surface area (Å²) in [5.41, 5.74) is 1.90. The van der Waals surface area contributed by atoms with Crippen LogP contribution in [0.2, 0.25) is 0 Å². The maximum absolute atomic E-state index is 13.8. The standard InChI is InChI=1S/C25H32N2O2/c28-25(22-17-24(29-26-22)19-15-16-19)27(20-11-5-2-6-12-20)23-14-8-7-13-21(23)18-9-3-1-4-10-18/h1,3-4,9-10,17,19-21,23H,2,5-8,11-16H2. The molecule has 3 aliphatic rings. The first-order valence-corrected chi connectivity index (χ1v) is 11.7. The van der Waals surface area contributed by atoms with Crippen molar-refractivity contribution >= 4 is 5.91 Å². The van der Waals surface area contributed by atoms with Crippen molar-refractivity contribution in [2.45, 2.75) is 94.5 Å². The van der Waals surface area contributed by atoms with Gasteiger partial charge in [0.1, 0.15) is 5.76 Å². The van der Waals surface area contributed by atoms with Gasteiger partial charge in [-0.1, -0.05) is 67.6 Å². The molecule has 1 amide bonds. The smallest absolute Gasteiger partial charge is 0.276 e. The first kappa shape index (κ1) is 18.9. The summed E-state index contributed by atoms with van der Waals surface area (Å²) >= 11 is 0. The lowest BCUT2D eigenvalue weighted by Crippen LogP contribution is -2.51. The third-order valence-corrected chi connectivity index (χ3v) is 7.24. The Bertz CT molecular complexity index is 820. The molecule has 154 valence electrons. The van der Waals surface area contributed by atoms with Gasteiger partial charge in [0.2, 0.25) is 0 Å². The highest BCUT2D eigenvalue weighted by Gasteiger charge is 2.40. The van der Waals surface area contributed by atoms with Gasteiger partial charge in [-0.25, -0.2) is 0 Å². The van der Waals surface area contributed by atoms with E-state index in [0.29, 0.717) is 23.6 Å². The average Bonchev–Trinajstić information content (AvgIpc) is 3.52. The van der Waals surface area contributed by atoms with Crippen LogP contribution < -0.4 is 0 Å². The Morgan fingerprint density at radius 1 is 0.897 bits per heavy atom. The third kappa shape index (κ3) is 3.99. The monoisotopic (exact) mass is 392 g/mol. The highest BCUT2D eigenvalue weighted by Crippen LogP contribution is 2.42. The van der Waals surface area contributed by atoms with Gasteiger partial charge in [0.15, 0.2) is 5.69 Å². The molecular formula is C25H32N2O2. The second-order valence-electron chi connectivity index (χ2n) is 9.26. The van der Waals surface area contributed by atoms with E-state index in [9.17, 15) is 4.79 Å². The Labute approximate surface area is 173 Å². The molecule has 0 radical (unpaired) electrons. The number of benzene rings is 1. The van der Waals surface area contributed by atoms with E-state index < -0.39 is 0 Å². The summed E-state index contributed by atoms with van der Waals surface area (Å²) in [5.74, 6) is 1.91. The summed E-state index contributed by atoms with van der Waals surface area (Å²) in [7, 11) is 0. The van der Waals surface area contributed by atoms with Crippen molar-refractivity contribution in [2.75, 3.05) is 0 Å². The second-order valence-corrected chi connectivity index (χ2v) is 9.26. The molecule has 2 aromatic rings. The Hall–Kier alpha value is -2.10. The zero-order valence-electron chi connectivity index (χ0n) is 17.3. The van der Waals surface area contributed by atoms with Crippen LogP contribution >= 0.6 is 0 Å². The summed E-state index contributed by atoms with van der Waals surface area (Å²) in [4.78, 5) is 16.0. The normalized spacial score (nSPS) is 25.7. The highest BCUT2D eigenvalue weighted by atomic mass is 16.5. The van der Waals surface area contributed by atoms with Crippen molar-refractivity contribution in [2.24, 2.45) is 0 Å². The zero-order chi connectivity index (χ0) is 19.6. The van der Waals surface area contributed by atoms with Crippen LogP contribution in [-0.4, -0.2) is 28.0 Å². The molecule has 3 saturated carbocycles. The number of nitrogens with zero attached hydrogens (tertiary/aromatic N) is 2. The Morgan fingerprint density at radius 2 is 1.62 bits per heavy atom. The van der Waals surface area contributed by atoms with Gasteiger partial charge in [-0.2, -0.15) is 0 Å². The molecule has 1 heterocycles. The number of carbonyl (C=O) groups is 1. The van der Waals surface area contributed by atoms with Gasteiger partial charge in [0, 0.05) is 30.0 Å². The van der Waals surface area contributed by atoms with Gasteiger partial charge in [0.05, 0.1) is 0 Å². The van der Waals surface area contributed by atoms with Crippen molar-refractivity contribution in [3.8, 4) is 0 Å². The van der Waals surface area contributed by atoms with Gasteiger partial charge < -0.3 is 9.42 Å². The number of hydrogen-bond acceptors (Lipinski definition) is 3. The van der Waals surface area contributed by atoms with Crippen LogP contribution in [0.5, 0.6) is 0 Å². The number of hydrogen-bond donors (Lipinski definition) is 0. The molecule has 0 N–H and O–H groups in total. The minimum atomic E-state index is 0.0976. The summed E-state index contributed by atoms with van der Waals surface area (Å²) in [6.07, 6.45) is 13.0. The zero-order valence-corrected chi connectivity index (χ0v) is 17.3. The third-order valence-electron chi connectivity index (χ3n) is 7.24. The second kappa shape index (κ2) is 8.33. The molecule has 3 aliphatic carbocycles. The van der Waals surface area contributed by atoms with Gasteiger partial charge in [-0.3, -0.25) is 4.79 Å². The van der Waals surface area contributed by atoms with E-state index in [1.54, 1.807) is 0 Å². The van der Waals surface area contributed by atoms with Crippen molar-refractivity contribution in [3.05, 3.63) is 53.4 Å². The van der Waals surface area contributed by atoms with Crippen LogP contribution in [0, 0.1) is 0 Å². The highest BCUT2D eigenvalue weighted by molar-refractivity contribution is 5.93. The fourth-order valence-corrected chi connectivity index (χ4v) is 5.56. The van der Waals surface area contributed by atoms with E-state index in [0.717, 1.165) is 44.3 Å². The molecule has 0 spiro atoms. The summed E-state index contributed by atoms with van der Waals surface area (Å²) in [6.45, 7) is 0. The molecule has 2 atom stereocenters. The minimum absolute atomic E-state index is 0.0976. The predicted molar refractivity (Wildman–Crippen MR) is 113 cm³/mol. The number of rotatable bonds is 5. The SMILES string of the molecule is O=C(c1cc(C2CC2)on1)N(C1CCCCC1)C1CCCCC1c1ccccc1. The van der Waals surface area contributed by atoms with E-state index >= 15 is 0 Å². The molecule has 0 saturated heterocycles. The molecule has 4 heteroatoms. The van der Waals surface area contributed by atoms with Crippen molar-refractivity contribution < 1.29 is 9.32 Å². The van der Waals surface area contributed by atoms with E-state index in [4.69, 9.17) is 4.52 Å². The topological polar surface area (TPSA) is 46.3 Å². The average molecular weight is 393 g/mol. The van der Waals surface area contributed by atoms with Crippen LogP contribution in [0.1, 0.15) is 104 Å². The van der Waals surface area contributed by atoms with Crippen LogP contribution in [0.15, 0.2) is 40.9 Å². The molecule has 3 fully saturated rings. The maximum atomic E-state index is 13.8. The van der Waals surface area contributed by atoms with Gasteiger partial charge in [-0.15, -0.1) is 0 Å². The lowest BCUT2D eigenvalue weighted by Gasteiger charge is -2.45. The molecule has 2 unspecified atom stereocenters. The van der Waals surface area contributed by atoms with Gasteiger partial charge in [-0.05, 0) is 44.1 Å². The molecule has 5 rings (SSSR count). The van der Waals surface area contributed by atoms with E-state index in [-0.39, 0.29) is 11.9 Å². The molecule has 4 nitrogen and oxygen atoms in total. The van der Waals surface area contributed by atoms with Crippen molar-refractivity contribution in [1.29, 1.82) is 0 Å². The Balaban J connectivity index is 1.47. The van der Waals surface area contributed by atoms with Gasteiger partial charge >= 0.3 is 0 Å². The molecule has 29 heavy (non-hydrogen) atoms. The lowest BCUT2D eigenvalue weighted by atomic mass is 9.77. The molecule has 0 aliphatic heterocycles. The number of aromatic nitrogens is 1. The lowest BCUT2D eigenvalue weighted by molar-refractivity contribution is 0.0392. The largest absolute Gasteiger partial charge is 0.360 e. The van der Waals surface area contributed by atoms with Crippen molar-refractivity contribution in [3.63, 3.8) is 0 Å². The minimum Gasteiger partial charge on any atom is -0.360 e. The Kier molecular flexibility index (Phi) is 5.43. The van der Waals surface area contributed by atoms with Crippen LogP contribution in [-0.2, 0) is 0 Å². The number of carbonyl (C=O) groups excluding carboxylic acids is 1. The van der Waals surface area contributed by atoms with Gasteiger partial charge in [0.25, 0.3) is 5.91 Å². The molecule has 1 aromatic carbocycles. The first-order valence-electron chi connectivity index (χ1n) is 11.7. The van der Waals surface area contributed by atoms with E-state index in [2.05, 4.69) is 40.4 Å². The maximum Gasteiger partial charge on any atom is 0.276 e. The molecular weight excluding hydrogens is 360 g/mol. The molecule has 0 bridgehead atoms. The van der Waals surface area contributed by atoms with Crippen LogP contribution in [0.3, 0.4) is 0 Å². The first-order chi connectivity index (χ1) is 14.3. The fourth-order valence-electron chi connectivity index (χ4n) is 5.56. The van der Waals surface area contributed by atoms with Crippen LogP contribution in [0.25, 0.3) is 0 Å². The Morgan fingerprint density at radius 3 is 2.38 bits per heavy atom. The molecule has 1 aromatic heterocycles. The summed E-state index contributed by atoms with van der Waals surface area (Å²) in [5, 5.41) is 4.22. The number of amides is 1. The van der Waals surface area contributed by atoms with Crippen LogP contribution in [0.4, 0.5) is 0 Å². The summed E-state index contributed by atoms with van der Waals surface area (Å²) in [6, 6.07) is 13.4. The van der Waals surface area contributed by atoms with E-state index in [1.165, 1.54) is 37.7 Å². The quantitative estimate of drug-likeness (QED) is 0.622. The van der Waals surface area contributed by atoms with Crippen molar-refractivity contribution in [1.82, 2.24) is 10.1 Å². The fraction of sp³-hybridized carbons (Fsp3) is 0.600. The predicted octanol–water partition coefficient (Wildman–Crippen LogP) is 6.05.